The van der Waals surface area contributed by atoms with Crippen molar-refractivity contribution < 1.29 is 19.1 Å². The minimum Gasteiger partial charge on any atom is -0.495 e. The van der Waals surface area contributed by atoms with Gasteiger partial charge in [0.2, 0.25) is 11.8 Å². The SMILES string of the molecule is CCCCOc1ccccc1C=NNC(=O)CCC(=O)Nc1ccccc1OC. The summed E-state index contributed by atoms with van der Waals surface area (Å²) < 4.78 is 10.9. The lowest BCUT2D eigenvalue weighted by molar-refractivity contribution is -0.124. The van der Waals surface area contributed by atoms with E-state index in [4.69, 9.17) is 9.47 Å². The molecule has 0 unspecified atom stereocenters. The van der Waals surface area contributed by atoms with Crippen LogP contribution in [0.2, 0.25) is 0 Å². The van der Waals surface area contributed by atoms with Crippen LogP contribution in [-0.2, 0) is 9.59 Å². The van der Waals surface area contributed by atoms with E-state index in [1.54, 1.807) is 18.2 Å². The molecule has 0 bridgehead atoms. The van der Waals surface area contributed by atoms with Crippen LogP contribution in [0.4, 0.5) is 5.69 Å². The largest absolute Gasteiger partial charge is 0.495 e. The van der Waals surface area contributed by atoms with Crippen molar-refractivity contribution in [3.8, 4) is 11.5 Å². The third-order valence-electron chi connectivity index (χ3n) is 4.03. The monoisotopic (exact) mass is 397 g/mol. The van der Waals surface area contributed by atoms with Crippen LogP contribution in [0.1, 0.15) is 38.2 Å². The highest BCUT2D eigenvalue weighted by Gasteiger charge is 2.09. The number of nitrogens with zero attached hydrogens (tertiary/aromatic N) is 1. The Bertz CT molecular complexity index is 836. The number of unbranched alkanes of at least 4 members (excludes halogenated alkanes) is 1. The highest BCUT2D eigenvalue weighted by atomic mass is 16.5. The lowest BCUT2D eigenvalue weighted by atomic mass is 10.2. The molecule has 0 atom stereocenters. The number of carbonyl (C=O) groups excluding carboxylic acids is 2. The van der Waals surface area contributed by atoms with Crippen molar-refractivity contribution >= 4 is 23.7 Å². The van der Waals surface area contributed by atoms with Crippen LogP contribution in [0.3, 0.4) is 0 Å². The lowest BCUT2D eigenvalue weighted by Gasteiger charge is -2.09. The second-order valence-electron chi connectivity index (χ2n) is 6.28. The number of ether oxygens (including phenoxy) is 2. The number of para-hydroxylation sites is 3. The highest BCUT2D eigenvalue weighted by molar-refractivity contribution is 5.94. The Hall–Kier alpha value is -3.35. The van der Waals surface area contributed by atoms with Gasteiger partial charge in [0.05, 0.1) is 25.6 Å². The summed E-state index contributed by atoms with van der Waals surface area (Å²) in [5.74, 6) is 0.661. The molecular formula is C22H27N3O4. The number of methoxy groups -OCH3 is 1. The van der Waals surface area contributed by atoms with Gasteiger partial charge < -0.3 is 14.8 Å². The fourth-order valence-electron chi connectivity index (χ4n) is 2.46. The Morgan fingerprint density at radius 2 is 1.69 bits per heavy atom. The molecule has 0 aromatic heterocycles. The quantitative estimate of drug-likeness (QED) is 0.343. The molecule has 2 amide bonds. The van der Waals surface area contributed by atoms with Crippen molar-refractivity contribution in [3.63, 3.8) is 0 Å². The van der Waals surface area contributed by atoms with E-state index in [0.717, 1.165) is 24.2 Å². The lowest BCUT2D eigenvalue weighted by Crippen LogP contribution is -2.20. The van der Waals surface area contributed by atoms with Crippen molar-refractivity contribution in [2.45, 2.75) is 32.6 Å². The summed E-state index contributed by atoms with van der Waals surface area (Å²) in [7, 11) is 1.53. The van der Waals surface area contributed by atoms with Crippen LogP contribution >= 0.6 is 0 Å². The summed E-state index contributed by atoms with van der Waals surface area (Å²) in [5, 5.41) is 6.70. The van der Waals surface area contributed by atoms with Crippen LogP contribution in [0.15, 0.2) is 53.6 Å². The van der Waals surface area contributed by atoms with Gasteiger partial charge in [-0.15, -0.1) is 0 Å². The maximum absolute atomic E-state index is 12.0. The molecule has 2 aromatic carbocycles. The molecule has 0 fully saturated rings. The molecular weight excluding hydrogens is 370 g/mol. The minimum absolute atomic E-state index is 0.0208. The average molecular weight is 397 g/mol. The molecule has 154 valence electrons. The molecule has 2 rings (SSSR count). The van der Waals surface area contributed by atoms with E-state index in [1.807, 2.05) is 30.3 Å². The minimum atomic E-state index is -0.346. The molecule has 0 spiro atoms. The van der Waals surface area contributed by atoms with Crippen molar-refractivity contribution in [1.82, 2.24) is 5.43 Å². The first-order valence-electron chi connectivity index (χ1n) is 9.60. The van der Waals surface area contributed by atoms with Crippen LogP contribution in [0, 0.1) is 0 Å². The van der Waals surface area contributed by atoms with Crippen LogP contribution in [0.5, 0.6) is 11.5 Å². The molecule has 0 saturated heterocycles. The maximum atomic E-state index is 12.0. The Morgan fingerprint density at radius 1 is 1.00 bits per heavy atom. The number of benzene rings is 2. The van der Waals surface area contributed by atoms with Crippen molar-refractivity contribution in [1.29, 1.82) is 0 Å². The zero-order valence-electron chi connectivity index (χ0n) is 16.8. The average Bonchev–Trinajstić information content (AvgIpc) is 2.74. The fourth-order valence-corrected chi connectivity index (χ4v) is 2.46. The number of amides is 2. The number of carbonyl (C=O) groups is 2. The van der Waals surface area contributed by atoms with Gasteiger partial charge in [0.15, 0.2) is 0 Å². The third kappa shape index (κ3) is 7.65. The van der Waals surface area contributed by atoms with Gasteiger partial charge in [-0.25, -0.2) is 5.43 Å². The first-order valence-corrected chi connectivity index (χ1v) is 9.60. The van der Waals surface area contributed by atoms with Crippen LogP contribution in [0.25, 0.3) is 0 Å². The Kier molecular flexibility index (Phi) is 9.21. The molecule has 7 heteroatoms. The number of hydrogen-bond donors (Lipinski definition) is 2. The Balaban J connectivity index is 1.79. The van der Waals surface area contributed by atoms with Gasteiger partial charge in [-0.05, 0) is 30.7 Å². The number of rotatable bonds is 11. The number of hydrogen-bond acceptors (Lipinski definition) is 5. The summed E-state index contributed by atoms with van der Waals surface area (Å²) in [6.07, 6.45) is 3.62. The first-order chi connectivity index (χ1) is 14.1. The van der Waals surface area contributed by atoms with Crippen LogP contribution in [-0.4, -0.2) is 31.7 Å². The number of anilines is 1. The van der Waals surface area contributed by atoms with Crippen molar-refractivity contribution in [3.05, 3.63) is 54.1 Å². The molecule has 0 aliphatic rings. The summed E-state index contributed by atoms with van der Waals surface area (Å²) in [4.78, 5) is 24.0. The number of hydrazone groups is 1. The maximum Gasteiger partial charge on any atom is 0.240 e. The van der Waals surface area contributed by atoms with Gasteiger partial charge in [-0.1, -0.05) is 37.6 Å². The Labute approximate surface area is 171 Å². The van der Waals surface area contributed by atoms with E-state index >= 15 is 0 Å². The van der Waals surface area contributed by atoms with E-state index in [9.17, 15) is 9.59 Å². The molecule has 0 aliphatic carbocycles. The summed E-state index contributed by atoms with van der Waals surface area (Å²) in [6, 6.07) is 14.6. The third-order valence-corrected chi connectivity index (χ3v) is 4.03. The van der Waals surface area contributed by atoms with Crippen molar-refractivity contribution in [2.75, 3.05) is 19.0 Å². The predicted octanol–water partition coefficient (Wildman–Crippen LogP) is 3.74. The standard InChI is InChI=1S/C22H27N3O4/c1-3-4-15-29-19-11-7-5-9-17(19)16-23-25-22(27)14-13-21(26)24-18-10-6-8-12-20(18)28-2/h5-12,16H,3-4,13-15H2,1-2H3,(H,24,26)(H,25,27). The topological polar surface area (TPSA) is 89.0 Å². The summed E-state index contributed by atoms with van der Waals surface area (Å²) in [6.45, 7) is 2.73. The van der Waals surface area contributed by atoms with Gasteiger partial charge in [-0.3, -0.25) is 9.59 Å². The Morgan fingerprint density at radius 3 is 2.45 bits per heavy atom. The smallest absolute Gasteiger partial charge is 0.240 e. The van der Waals surface area contributed by atoms with Crippen LogP contribution < -0.4 is 20.2 Å². The van der Waals surface area contributed by atoms with Gasteiger partial charge in [0, 0.05) is 18.4 Å². The molecule has 0 radical (unpaired) electrons. The molecule has 2 aromatic rings. The second-order valence-corrected chi connectivity index (χ2v) is 6.28. The molecule has 0 saturated carbocycles. The van der Waals surface area contributed by atoms with E-state index in [0.29, 0.717) is 18.0 Å². The predicted molar refractivity (Wildman–Crippen MR) is 113 cm³/mol. The summed E-state index contributed by atoms with van der Waals surface area (Å²) in [5.41, 5.74) is 3.78. The number of nitrogens with one attached hydrogen (secondary N) is 2. The second kappa shape index (κ2) is 12.2. The van der Waals surface area contributed by atoms with E-state index in [-0.39, 0.29) is 24.7 Å². The summed E-state index contributed by atoms with van der Waals surface area (Å²) >= 11 is 0. The van der Waals surface area contributed by atoms with Gasteiger partial charge in [-0.2, -0.15) is 5.10 Å². The van der Waals surface area contributed by atoms with Gasteiger partial charge in [0.1, 0.15) is 11.5 Å². The first kappa shape index (κ1) is 21.9. The van der Waals surface area contributed by atoms with Gasteiger partial charge in [0.25, 0.3) is 0 Å². The molecule has 29 heavy (non-hydrogen) atoms. The van der Waals surface area contributed by atoms with Crippen molar-refractivity contribution in [2.24, 2.45) is 5.10 Å². The molecule has 0 heterocycles. The highest BCUT2D eigenvalue weighted by Crippen LogP contribution is 2.23. The van der Waals surface area contributed by atoms with E-state index in [2.05, 4.69) is 22.8 Å². The fraction of sp³-hybridized carbons (Fsp3) is 0.318. The molecule has 2 N–H and O–H groups in total. The van der Waals surface area contributed by atoms with Gasteiger partial charge >= 0.3 is 0 Å². The molecule has 7 nitrogen and oxygen atoms in total. The normalized spacial score (nSPS) is 10.6. The zero-order valence-corrected chi connectivity index (χ0v) is 16.8. The van der Waals surface area contributed by atoms with E-state index < -0.39 is 0 Å². The molecule has 0 aliphatic heterocycles. The zero-order chi connectivity index (χ0) is 20.9. The van der Waals surface area contributed by atoms with E-state index in [1.165, 1.54) is 13.3 Å².